The smallest absolute Gasteiger partial charge is 0.216 e. The standard InChI is InChI=1S/C13H16FNO/c1-10-9-12(6-7-13(10)14)5-3-4-8-15-11(2)16/h3,5-7,9H,4,8H2,1-2H3,(H,15,16). The number of hydrogen-bond acceptors (Lipinski definition) is 1. The lowest BCUT2D eigenvalue weighted by molar-refractivity contribution is -0.118. The Balaban J connectivity index is 2.44. The highest BCUT2D eigenvalue weighted by Crippen LogP contribution is 2.10. The molecule has 16 heavy (non-hydrogen) atoms. The molecule has 0 fully saturated rings. The quantitative estimate of drug-likeness (QED) is 0.778. The van der Waals surface area contributed by atoms with Gasteiger partial charge in [-0.05, 0) is 36.6 Å². The molecule has 0 spiro atoms. The average molecular weight is 221 g/mol. The Morgan fingerprint density at radius 1 is 1.50 bits per heavy atom. The first-order valence-electron chi connectivity index (χ1n) is 5.26. The number of nitrogens with one attached hydrogen (secondary N) is 1. The fourth-order valence-electron chi connectivity index (χ4n) is 1.32. The molecule has 0 saturated heterocycles. The van der Waals surface area contributed by atoms with Gasteiger partial charge in [-0.15, -0.1) is 0 Å². The SMILES string of the molecule is CC(=O)NCCC=Cc1ccc(F)c(C)c1. The second-order valence-electron chi connectivity index (χ2n) is 3.68. The largest absolute Gasteiger partial charge is 0.356 e. The van der Waals surface area contributed by atoms with Gasteiger partial charge >= 0.3 is 0 Å². The number of rotatable bonds is 4. The van der Waals surface area contributed by atoms with Crippen molar-refractivity contribution in [1.82, 2.24) is 5.32 Å². The van der Waals surface area contributed by atoms with E-state index in [1.54, 1.807) is 19.1 Å². The lowest BCUT2D eigenvalue weighted by Crippen LogP contribution is -2.20. The molecule has 0 aliphatic carbocycles. The summed E-state index contributed by atoms with van der Waals surface area (Å²) in [6, 6.07) is 4.99. The molecule has 0 atom stereocenters. The van der Waals surface area contributed by atoms with Crippen molar-refractivity contribution >= 4 is 12.0 Å². The Morgan fingerprint density at radius 3 is 2.88 bits per heavy atom. The third kappa shape index (κ3) is 4.26. The molecule has 2 nitrogen and oxygen atoms in total. The second-order valence-corrected chi connectivity index (χ2v) is 3.68. The van der Waals surface area contributed by atoms with Crippen LogP contribution >= 0.6 is 0 Å². The fourth-order valence-corrected chi connectivity index (χ4v) is 1.32. The molecule has 0 saturated carbocycles. The minimum absolute atomic E-state index is 0.0222. The van der Waals surface area contributed by atoms with Crippen molar-refractivity contribution in [2.45, 2.75) is 20.3 Å². The fraction of sp³-hybridized carbons (Fsp3) is 0.308. The molecule has 0 aromatic heterocycles. The predicted molar refractivity (Wildman–Crippen MR) is 63.5 cm³/mol. The highest BCUT2D eigenvalue weighted by molar-refractivity contribution is 5.72. The summed E-state index contributed by atoms with van der Waals surface area (Å²) in [5, 5.41) is 2.70. The minimum Gasteiger partial charge on any atom is -0.356 e. The first-order chi connectivity index (χ1) is 7.59. The highest BCUT2D eigenvalue weighted by atomic mass is 19.1. The number of carbonyl (C=O) groups excluding carboxylic acids is 1. The summed E-state index contributed by atoms with van der Waals surface area (Å²) >= 11 is 0. The van der Waals surface area contributed by atoms with E-state index in [0.29, 0.717) is 12.1 Å². The number of benzene rings is 1. The summed E-state index contributed by atoms with van der Waals surface area (Å²) in [6.45, 7) is 3.86. The normalized spacial score (nSPS) is 10.7. The molecule has 3 heteroatoms. The Bertz CT molecular complexity index is 399. The van der Waals surface area contributed by atoms with E-state index in [1.807, 2.05) is 12.2 Å². The summed E-state index contributed by atoms with van der Waals surface area (Å²) in [6.07, 6.45) is 4.66. The van der Waals surface area contributed by atoms with Gasteiger partial charge < -0.3 is 5.32 Å². The topological polar surface area (TPSA) is 29.1 Å². The van der Waals surface area contributed by atoms with Crippen molar-refractivity contribution in [3.05, 3.63) is 41.2 Å². The zero-order valence-corrected chi connectivity index (χ0v) is 9.59. The molecule has 0 radical (unpaired) electrons. The zero-order valence-electron chi connectivity index (χ0n) is 9.59. The molecule has 1 aromatic carbocycles. The number of amides is 1. The van der Waals surface area contributed by atoms with Crippen molar-refractivity contribution < 1.29 is 9.18 Å². The molecule has 0 aliphatic rings. The molecular weight excluding hydrogens is 205 g/mol. The Hall–Kier alpha value is -1.64. The molecule has 0 unspecified atom stereocenters. The summed E-state index contributed by atoms with van der Waals surface area (Å²) in [5.41, 5.74) is 1.62. The van der Waals surface area contributed by atoms with E-state index < -0.39 is 0 Å². The van der Waals surface area contributed by atoms with Crippen LogP contribution in [0.4, 0.5) is 4.39 Å². The zero-order chi connectivity index (χ0) is 12.0. The van der Waals surface area contributed by atoms with Gasteiger partial charge in [-0.2, -0.15) is 0 Å². The van der Waals surface area contributed by atoms with E-state index in [1.165, 1.54) is 13.0 Å². The molecule has 1 amide bonds. The van der Waals surface area contributed by atoms with Crippen LogP contribution in [0, 0.1) is 12.7 Å². The molecule has 1 N–H and O–H groups in total. The van der Waals surface area contributed by atoms with Crippen LogP contribution in [0.1, 0.15) is 24.5 Å². The summed E-state index contributed by atoms with van der Waals surface area (Å²) in [7, 11) is 0. The highest BCUT2D eigenvalue weighted by Gasteiger charge is 1.95. The van der Waals surface area contributed by atoms with Crippen LogP contribution in [-0.4, -0.2) is 12.5 Å². The predicted octanol–water partition coefficient (Wildman–Crippen LogP) is 2.67. The van der Waals surface area contributed by atoms with Crippen molar-refractivity contribution in [2.75, 3.05) is 6.54 Å². The Labute approximate surface area is 95.2 Å². The lowest BCUT2D eigenvalue weighted by Gasteiger charge is -1.99. The van der Waals surface area contributed by atoms with Gasteiger partial charge in [-0.25, -0.2) is 4.39 Å². The molecule has 0 bridgehead atoms. The van der Waals surface area contributed by atoms with Crippen LogP contribution in [0.2, 0.25) is 0 Å². The van der Waals surface area contributed by atoms with Gasteiger partial charge in [0, 0.05) is 13.5 Å². The van der Waals surface area contributed by atoms with E-state index in [2.05, 4.69) is 5.32 Å². The van der Waals surface area contributed by atoms with E-state index in [9.17, 15) is 9.18 Å². The van der Waals surface area contributed by atoms with Gasteiger partial charge in [-0.3, -0.25) is 4.79 Å². The second kappa shape index (κ2) is 6.05. The van der Waals surface area contributed by atoms with Crippen LogP contribution in [0.3, 0.4) is 0 Å². The first-order valence-corrected chi connectivity index (χ1v) is 5.26. The van der Waals surface area contributed by atoms with Crippen LogP contribution in [0.15, 0.2) is 24.3 Å². The molecule has 1 aromatic rings. The van der Waals surface area contributed by atoms with Crippen LogP contribution in [0.25, 0.3) is 6.08 Å². The van der Waals surface area contributed by atoms with E-state index in [4.69, 9.17) is 0 Å². The Kier molecular flexibility index (Phi) is 4.70. The van der Waals surface area contributed by atoms with Gasteiger partial charge in [0.15, 0.2) is 0 Å². The number of carbonyl (C=O) groups is 1. The van der Waals surface area contributed by atoms with Gasteiger partial charge in [0.2, 0.25) is 5.91 Å². The molecule has 86 valence electrons. The number of halogens is 1. The summed E-state index contributed by atoms with van der Waals surface area (Å²) in [4.78, 5) is 10.6. The molecule has 0 heterocycles. The van der Waals surface area contributed by atoms with Gasteiger partial charge in [0.05, 0.1) is 0 Å². The van der Waals surface area contributed by atoms with Crippen LogP contribution in [0.5, 0.6) is 0 Å². The third-order valence-electron chi connectivity index (χ3n) is 2.18. The van der Waals surface area contributed by atoms with E-state index in [0.717, 1.165) is 12.0 Å². The van der Waals surface area contributed by atoms with E-state index >= 15 is 0 Å². The van der Waals surface area contributed by atoms with Gasteiger partial charge in [-0.1, -0.05) is 18.2 Å². The minimum atomic E-state index is -0.185. The van der Waals surface area contributed by atoms with Crippen molar-refractivity contribution in [3.63, 3.8) is 0 Å². The number of hydrogen-bond donors (Lipinski definition) is 1. The van der Waals surface area contributed by atoms with Crippen molar-refractivity contribution in [3.8, 4) is 0 Å². The maximum Gasteiger partial charge on any atom is 0.216 e. The van der Waals surface area contributed by atoms with Crippen LogP contribution in [-0.2, 0) is 4.79 Å². The van der Waals surface area contributed by atoms with Crippen molar-refractivity contribution in [2.24, 2.45) is 0 Å². The lowest BCUT2D eigenvalue weighted by atomic mass is 10.1. The Morgan fingerprint density at radius 2 is 2.25 bits per heavy atom. The van der Waals surface area contributed by atoms with E-state index in [-0.39, 0.29) is 11.7 Å². The summed E-state index contributed by atoms with van der Waals surface area (Å²) < 4.78 is 13.0. The molecule has 1 rings (SSSR count). The summed E-state index contributed by atoms with van der Waals surface area (Å²) in [5.74, 6) is -0.207. The van der Waals surface area contributed by atoms with Crippen LogP contribution < -0.4 is 5.32 Å². The first kappa shape index (κ1) is 12.4. The maximum atomic E-state index is 13.0. The maximum absolute atomic E-state index is 13.0. The van der Waals surface area contributed by atoms with Gasteiger partial charge in [0.1, 0.15) is 5.82 Å². The van der Waals surface area contributed by atoms with Crippen molar-refractivity contribution in [1.29, 1.82) is 0 Å². The molecular formula is C13H16FNO. The number of aryl methyl sites for hydroxylation is 1. The van der Waals surface area contributed by atoms with Gasteiger partial charge in [0.25, 0.3) is 0 Å². The average Bonchev–Trinajstić information content (AvgIpc) is 2.22. The monoisotopic (exact) mass is 221 g/mol. The third-order valence-corrected chi connectivity index (χ3v) is 2.18. The molecule has 0 aliphatic heterocycles.